The second-order valence-corrected chi connectivity index (χ2v) is 6.70. The Morgan fingerprint density at radius 3 is 2.14 bits per heavy atom. The van der Waals surface area contributed by atoms with Gasteiger partial charge in [0.05, 0.1) is 15.5 Å². The quantitative estimate of drug-likeness (QED) is 0.345. The van der Waals surface area contributed by atoms with Crippen molar-refractivity contribution in [3.8, 4) is 12.8 Å². The van der Waals surface area contributed by atoms with E-state index in [1.807, 2.05) is 40.7 Å². The van der Waals surface area contributed by atoms with Gasteiger partial charge in [-0.25, -0.2) is 9.18 Å². The molecule has 0 aromatic heterocycles. The van der Waals surface area contributed by atoms with Gasteiger partial charge in [0.1, 0.15) is 5.82 Å². The number of benzene rings is 2. The average Bonchev–Trinajstić information content (AvgIpc) is 2.79. The molecule has 158 valence electrons. The Morgan fingerprint density at radius 2 is 1.62 bits per heavy atom. The van der Waals surface area contributed by atoms with E-state index in [1.54, 1.807) is 48.2 Å². The van der Waals surface area contributed by atoms with Gasteiger partial charge < -0.3 is 9.83 Å². The highest BCUT2D eigenvalue weighted by atomic mass is 32.2. The van der Waals surface area contributed by atoms with Gasteiger partial charge in [0.15, 0.2) is 0 Å². The van der Waals surface area contributed by atoms with Gasteiger partial charge in [-0.3, -0.25) is 0 Å². The summed E-state index contributed by atoms with van der Waals surface area (Å²) in [6.07, 6.45) is 9.95. The monoisotopic (exact) mass is 435 g/mol. The summed E-state index contributed by atoms with van der Waals surface area (Å²) in [6.45, 7) is 9.92. The van der Waals surface area contributed by atoms with Gasteiger partial charge in [-0.2, -0.15) is 0 Å². The first kappa shape index (κ1) is 28.8. The summed E-state index contributed by atoms with van der Waals surface area (Å²) in [5, 5.41) is 9.16. The van der Waals surface area contributed by atoms with Crippen molar-refractivity contribution in [2.45, 2.75) is 40.4 Å². The zero-order valence-electron chi connectivity index (χ0n) is 17.6. The van der Waals surface area contributed by atoms with E-state index >= 15 is 0 Å². The van der Waals surface area contributed by atoms with E-state index in [9.17, 15) is 9.18 Å². The Labute approximate surface area is 183 Å². The largest absolute Gasteiger partial charge is 0.478 e. The maximum Gasteiger partial charge on any atom is 0.337 e. The predicted molar refractivity (Wildman–Crippen MR) is 129 cm³/mol. The molecule has 0 bridgehead atoms. The third-order valence-electron chi connectivity index (χ3n) is 2.95. The number of carboxylic acids is 1. The predicted octanol–water partition coefficient (Wildman–Crippen LogP) is 7.68. The molecule has 0 radical (unpaired) electrons. The zero-order chi connectivity index (χ0) is 22.7. The van der Waals surface area contributed by atoms with Crippen molar-refractivity contribution in [1.82, 2.24) is 0 Å². The second kappa shape index (κ2) is 19.0. The minimum absolute atomic E-state index is 0.235. The number of aromatic carboxylic acids is 1. The Balaban J connectivity index is 0. The fourth-order valence-corrected chi connectivity index (χ4v) is 3.48. The lowest BCUT2D eigenvalue weighted by Gasteiger charge is -2.10. The van der Waals surface area contributed by atoms with Crippen LogP contribution in [-0.2, 0) is 5.75 Å². The summed E-state index contributed by atoms with van der Waals surface area (Å²) in [5.74, 6) is -0.490. The Morgan fingerprint density at radius 1 is 1.07 bits per heavy atom. The lowest BCUT2D eigenvalue weighted by Crippen LogP contribution is -2.01. The molecule has 0 saturated carbocycles. The summed E-state index contributed by atoms with van der Waals surface area (Å²) < 4.78 is 17.0. The summed E-state index contributed by atoms with van der Waals surface area (Å²) in [7, 11) is 0. The average molecular weight is 436 g/mol. The summed E-state index contributed by atoms with van der Waals surface area (Å²) in [6, 6.07) is 13.2. The van der Waals surface area contributed by atoms with Crippen LogP contribution in [-0.4, -0.2) is 11.1 Å². The maximum absolute atomic E-state index is 12.9. The van der Waals surface area contributed by atoms with Crippen LogP contribution in [0.25, 0.3) is 0 Å². The normalized spacial score (nSPS) is 9.45. The van der Waals surface area contributed by atoms with Gasteiger partial charge in [0.25, 0.3) is 0 Å². The van der Waals surface area contributed by atoms with E-state index in [-0.39, 0.29) is 11.4 Å². The van der Waals surface area contributed by atoms with Crippen LogP contribution in [0.4, 0.5) is 10.1 Å². The molecule has 0 aliphatic heterocycles. The lowest BCUT2D eigenvalue weighted by atomic mass is 10.2. The number of allylic oxidation sites excluding steroid dienone is 1. The van der Waals surface area contributed by atoms with E-state index in [0.29, 0.717) is 5.69 Å². The number of carboxylic acid groups (broad SMARTS) is 1. The van der Waals surface area contributed by atoms with E-state index in [1.165, 1.54) is 24.1 Å². The van der Waals surface area contributed by atoms with Crippen LogP contribution in [0.2, 0.25) is 0 Å². The number of carbonyl (C=O) groups is 1. The molecule has 0 atom stereocenters. The van der Waals surface area contributed by atoms with Crippen LogP contribution in [0, 0.1) is 18.7 Å². The Kier molecular flexibility index (Phi) is 18.9. The lowest BCUT2D eigenvalue weighted by molar-refractivity contribution is 0.0698. The van der Waals surface area contributed by atoms with E-state index in [4.69, 9.17) is 5.11 Å². The molecule has 0 spiro atoms. The van der Waals surface area contributed by atoms with Crippen LogP contribution in [0.15, 0.2) is 58.8 Å². The summed E-state index contributed by atoms with van der Waals surface area (Å²) >= 11 is 2.97. The molecule has 0 aliphatic carbocycles. The van der Waals surface area contributed by atoms with Crippen LogP contribution >= 0.6 is 23.7 Å². The smallest absolute Gasteiger partial charge is 0.337 e. The molecule has 0 fully saturated rings. The highest BCUT2D eigenvalue weighted by Gasteiger charge is 2.09. The van der Waals surface area contributed by atoms with Crippen molar-refractivity contribution < 1.29 is 14.3 Å². The van der Waals surface area contributed by atoms with Gasteiger partial charge in [0, 0.05) is 5.75 Å². The zero-order valence-corrected chi connectivity index (χ0v) is 19.2. The molecule has 0 unspecified atom stereocenters. The molecule has 0 heterocycles. The fourth-order valence-electron chi connectivity index (χ4n) is 1.77. The molecule has 0 aliphatic rings. The molecule has 2 aromatic carbocycles. The third kappa shape index (κ3) is 11.9. The number of thioether (sulfide) groups is 1. The molecular weight excluding hydrogens is 405 g/mol. The topological polar surface area (TPSA) is 49.3 Å². The molecule has 2 rings (SSSR count). The number of anilines is 1. The van der Waals surface area contributed by atoms with Crippen molar-refractivity contribution in [3.05, 3.63) is 75.8 Å². The Hall–Kier alpha value is -2.36. The van der Waals surface area contributed by atoms with Crippen molar-refractivity contribution >= 4 is 35.4 Å². The van der Waals surface area contributed by atoms with E-state index in [2.05, 4.69) is 17.6 Å². The van der Waals surface area contributed by atoms with E-state index < -0.39 is 5.97 Å². The number of terminal acetylenes is 1. The van der Waals surface area contributed by atoms with Crippen LogP contribution in [0.1, 0.15) is 50.5 Å². The van der Waals surface area contributed by atoms with Gasteiger partial charge in [-0.15, -0.1) is 24.6 Å². The number of hydrogen-bond acceptors (Lipinski definition) is 4. The fraction of sp³-hybridized carbons (Fsp3) is 0.261. The van der Waals surface area contributed by atoms with Crippen LogP contribution in [0.5, 0.6) is 0 Å². The molecule has 6 heteroatoms. The van der Waals surface area contributed by atoms with Gasteiger partial charge in [-0.05, 0) is 48.7 Å². The SMILES string of the molecule is C#C.C/C=C(\SCc1ccc(F)cc1)SNc1ccccc1C(=O)O.CC.CC. The third-order valence-corrected chi connectivity index (χ3v) is 5.31. The van der Waals surface area contributed by atoms with Gasteiger partial charge >= 0.3 is 5.97 Å². The molecule has 2 N–H and O–H groups in total. The van der Waals surface area contributed by atoms with Crippen molar-refractivity contribution in [2.24, 2.45) is 0 Å². The summed E-state index contributed by atoms with van der Waals surface area (Å²) in [5.41, 5.74) is 1.83. The van der Waals surface area contributed by atoms with Crippen LogP contribution in [0.3, 0.4) is 0 Å². The van der Waals surface area contributed by atoms with Crippen molar-refractivity contribution in [2.75, 3.05) is 4.72 Å². The molecule has 0 amide bonds. The van der Waals surface area contributed by atoms with Crippen molar-refractivity contribution in [3.63, 3.8) is 0 Å². The number of hydrogen-bond donors (Lipinski definition) is 2. The minimum atomic E-state index is -0.963. The molecule has 0 saturated heterocycles. The van der Waals surface area contributed by atoms with Crippen molar-refractivity contribution in [1.29, 1.82) is 0 Å². The molecule has 3 nitrogen and oxygen atoms in total. The minimum Gasteiger partial charge on any atom is -0.478 e. The highest BCUT2D eigenvalue weighted by Crippen LogP contribution is 2.32. The van der Waals surface area contributed by atoms with E-state index in [0.717, 1.165) is 15.6 Å². The molecular formula is C23H30FNO2S2. The maximum atomic E-state index is 12.9. The van der Waals surface area contributed by atoms with Gasteiger partial charge in [0.2, 0.25) is 0 Å². The number of rotatable bonds is 7. The summed E-state index contributed by atoms with van der Waals surface area (Å²) in [4.78, 5) is 11.2. The molecule has 29 heavy (non-hydrogen) atoms. The second-order valence-electron chi connectivity index (χ2n) is 4.58. The number of para-hydroxylation sites is 1. The Bertz CT molecular complexity index is 744. The number of halogens is 1. The van der Waals surface area contributed by atoms with Gasteiger partial charge in [-0.1, -0.05) is 58.0 Å². The van der Waals surface area contributed by atoms with Crippen LogP contribution < -0.4 is 4.72 Å². The number of nitrogens with one attached hydrogen (secondary N) is 1. The highest BCUT2D eigenvalue weighted by molar-refractivity contribution is 8.22. The standard InChI is InChI=1S/C17H16FNO2S2.2C2H6.C2H2/c1-2-16(22-11-12-7-9-13(18)10-8-12)23-19-15-6-4-3-5-14(15)17(20)21;3*1-2/h2-10,19H,11H2,1H3,(H,20,21);2*1-2H3;1-2H/b16-2+;;;. The molecule has 2 aromatic rings. The first-order valence-electron chi connectivity index (χ1n) is 9.22. The first-order valence-corrected chi connectivity index (χ1v) is 11.0. The first-order chi connectivity index (χ1) is 14.1.